The van der Waals surface area contributed by atoms with Crippen LogP contribution in [-0.4, -0.2) is 43.4 Å². The van der Waals surface area contributed by atoms with E-state index in [-0.39, 0.29) is 23.9 Å². The van der Waals surface area contributed by atoms with Crippen molar-refractivity contribution in [3.05, 3.63) is 53.7 Å². The molecule has 1 N–H and O–H groups in total. The average Bonchev–Trinajstić information content (AvgIpc) is 3.24. The zero-order valence-corrected chi connectivity index (χ0v) is 16.6. The van der Waals surface area contributed by atoms with E-state index in [1.165, 1.54) is 0 Å². The number of aromatic nitrogens is 3. The Bertz CT molecular complexity index is 1060. The van der Waals surface area contributed by atoms with Crippen molar-refractivity contribution < 1.29 is 9.59 Å². The second kappa shape index (κ2) is 6.82. The fourth-order valence-electron chi connectivity index (χ4n) is 3.88. The molecule has 4 rings (SSSR count). The molecule has 1 unspecified atom stereocenters. The Hall–Kier alpha value is -3.09. The lowest BCUT2D eigenvalue weighted by Gasteiger charge is -2.33. The molecule has 0 fully saturated rings. The number of para-hydroxylation sites is 1. The summed E-state index contributed by atoms with van der Waals surface area (Å²) in [5.74, 6) is 0.552. The lowest BCUT2D eigenvalue weighted by atomic mass is 10.1. The molecule has 0 aliphatic carbocycles. The Morgan fingerprint density at radius 2 is 1.93 bits per heavy atom. The van der Waals surface area contributed by atoms with Crippen LogP contribution < -0.4 is 5.32 Å². The highest BCUT2D eigenvalue weighted by Crippen LogP contribution is 2.29. The summed E-state index contributed by atoms with van der Waals surface area (Å²) in [6.07, 6.45) is 3.67. The average molecular weight is 379 g/mol. The summed E-state index contributed by atoms with van der Waals surface area (Å²) in [6, 6.07) is 7.75. The van der Waals surface area contributed by atoms with Gasteiger partial charge in [-0.3, -0.25) is 9.59 Å². The summed E-state index contributed by atoms with van der Waals surface area (Å²) in [4.78, 5) is 32.0. The van der Waals surface area contributed by atoms with E-state index in [4.69, 9.17) is 0 Å². The van der Waals surface area contributed by atoms with Gasteiger partial charge in [-0.25, -0.2) is 4.98 Å². The molecule has 2 aromatic heterocycles. The Labute approximate surface area is 164 Å². The molecule has 3 aromatic rings. The van der Waals surface area contributed by atoms with E-state index < -0.39 is 0 Å². The highest BCUT2D eigenvalue weighted by molar-refractivity contribution is 6.07. The van der Waals surface area contributed by atoms with Crippen LogP contribution in [-0.2, 0) is 13.6 Å². The number of carbonyl (C=O) groups is 2. The molecular formula is C21H25N5O2. The fourth-order valence-corrected chi connectivity index (χ4v) is 3.88. The number of carbonyl (C=O) groups excluding carboxylic acids is 2. The third-order valence-electron chi connectivity index (χ3n) is 5.27. The van der Waals surface area contributed by atoms with E-state index in [0.29, 0.717) is 24.3 Å². The van der Waals surface area contributed by atoms with Crippen LogP contribution in [0.1, 0.15) is 53.5 Å². The quantitative estimate of drug-likeness (QED) is 0.761. The first-order chi connectivity index (χ1) is 13.4. The van der Waals surface area contributed by atoms with Gasteiger partial charge in [-0.05, 0) is 26.8 Å². The molecule has 0 radical (unpaired) electrons. The van der Waals surface area contributed by atoms with E-state index in [1.54, 1.807) is 6.20 Å². The second-order valence-electron chi connectivity index (χ2n) is 7.65. The molecule has 0 spiro atoms. The Morgan fingerprint density at radius 1 is 1.18 bits per heavy atom. The fraction of sp³-hybridized carbons (Fsp3) is 0.381. The summed E-state index contributed by atoms with van der Waals surface area (Å²) in [5, 5.41) is 3.82. The predicted molar refractivity (Wildman–Crippen MR) is 107 cm³/mol. The van der Waals surface area contributed by atoms with Crippen molar-refractivity contribution in [2.45, 2.75) is 39.4 Å². The van der Waals surface area contributed by atoms with Gasteiger partial charge < -0.3 is 19.4 Å². The van der Waals surface area contributed by atoms with Gasteiger partial charge in [-0.15, -0.1) is 0 Å². The first-order valence-corrected chi connectivity index (χ1v) is 9.59. The number of hydrogen-bond acceptors (Lipinski definition) is 3. The van der Waals surface area contributed by atoms with Gasteiger partial charge in [0.1, 0.15) is 11.5 Å². The highest BCUT2D eigenvalue weighted by Gasteiger charge is 2.32. The number of imidazole rings is 1. The maximum atomic E-state index is 13.3. The maximum absolute atomic E-state index is 13.3. The van der Waals surface area contributed by atoms with Gasteiger partial charge in [0.05, 0.1) is 11.6 Å². The monoisotopic (exact) mass is 379 g/mol. The van der Waals surface area contributed by atoms with Gasteiger partial charge in [0, 0.05) is 49.5 Å². The lowest BCUT2D eigenvalue weighted by Crippen LogP contribution is -2.41. The maximum Gasteiger partial charge on any atom is 0.271 e. The van der Waals surface area contributed by atoms with Crippen LogP contribution in [0.5, 0.6) is 0 Å². The number of fused-ring (bicyclic) bond motifs is 2. The van der Waals surface area contributed by atoms with Gasteiger partial charge in [0.15, 0.2) is 0 Å². The minimum atomic E-state index is -0.208. The van der Waals surface area contributed by atoms with Crippen molar-refractivity contribution >= 4 is 22.7 Å². The minimum Gasteiger partial charge on any atom is -0.350 e. The number of nitrogens with zero attached hydrogens (tertiary/aromatic N) is 4. The van der Waals surface area contributed by atoms with Crippen LogP contribution in [0.3, 0.4) is 0 Å². The zero-order valence-electron chi connectivity index (χ0n) is 16.6. The van der Waals surface area contributed by atoms with Crippen molar-refractivity contribution in [1.82, 2.24) is 24.3 Å². The molecule has 1 aliphatic heterocycles. The molecule has 0 saturated carbocycles. The van der Waals surface area contributed by atoms with Crippen molar-refractivity contribution in [3.8, 4) is 0 Å². The van der Waals surface area contributed by atoms with Gasteiger partial charge in [-0.2, -0.15) is 0 Å². The molecule has 7 heteroatoms. The molecule has 1 aliphatic rings. The van der Waals surface area contributed by atoms with Crippen molar-refractivity contribution in [2.75, 3.05) is 6.54 Å². The largest absolute Gasteiger partial charge is 0.350 e. The highest BCUT2D eigenvalue weighted by atomic mass is 16.2. The summed E-state index contributed by atoms with van der Waals surface area (Å²) in [5.41, 5.74) is 2.13. The Morgan fingerprint density at radius 3 is 2.68 bits per heavy atom. The SMILES string of the molecule is CC(C)NC(=O)c1cn2c(n1)C(C)N(C(=O)c1cn(C)c3ccccc13)CC2. The van der Waals surface area contributed by atoms with E-state index in [1.807, 2.05) is 72.3 Å². The van der Waals surface area contributed by atoms with Crippen LogP contribution in [0.2, 0.25) is 0 Å². The van der Waals surface area contributed by atoms with Gasteiger partial charge in [-0.1, -0.05) is 18.2 Å². The third kappa shape index (κ3) is 2.96. The molecule has 1 atom stereocenters. The van der Waals surface area contributed by atoms with Crippen molar-refractivity contribution in [1.29, 1.82) is 0 Å². The number of aryl methyl sites for hydroxylation is 1. The summed E-state index contributed by atoms with van der Waals surface area (Å²) in [7, 11) is 1.95. The Balaban J connectivity index is 1.64. The first-order valence-electron chi connectivity index (χ1n) is 9.59. The minimum absolute atomic E-state index is 0.00766. The molecule has 2 amide bonds. The molecule has 0 saturated heterocycles. The van der Waals surface area contributed by atoms with E-state index in [0.717, 1.165) is 16.7 Å². The van der Waals surface area contributed by atoms with E-state index in [9.17, 15) is 9.59 Å². The molecule has 3 heterocycles. The molecule has 146 valence electrons. The van der Waals surface area contributed by atoms with Crippen LogP contribution in [0.4, 0.5) is 0 Å². The smallest absolute Gasteiger partial charge is 0.271 e. The molecule has 28 heavy (non-hydrogen) atoms. The van der Waals surface area contributed by atoms with Gasteiger partial charge in [0.25, 0.3) is 11.8 Å². The van der Waals surface area contributed by atoms with Crippen LogP contribution >= 0.6 is 0 Å². The van der Waals surface area contributed by atoms with Gasteiger partial charge >= 0.3 is 0 Å². The molecular weight excluding hydrogens is 354 g/mol. The zero-order chi connectivity index (χ0) is 20.0. The number of hydrogen-bond donors (Lipinski definition) is 1. The number of benzene rings is 1. The summed E-state index contributed by atoms with van der Waals surface area (Å²) < 4.78 is 3.96. The molecule has 1 aromatic carbocycles. The second-order valence-corrected chi connectivity index (χ2v) is 7.65. The molecule has 0 bridgehead atoms. The third-order valence-corrected chi connectivity index (χ3v) is 5.27. The van der Waals surface area contributed by atoms with Crippen molar-refractivity contribution in [2.24, 2.45) is 7.05 Å². The summed E-state index contributed by atoms with van der Waals surface area (Å²) >= 11 is 0. The number of nitrogens with one attached hydrogen (secondary N) is 1. The van der Waals surface area contributed by atoms with Crippen molar-refractivity contribution in [3.63, 3.8) is 0 Å². The Kier molecular flexibility index (Phi) is 4.45. The van der Waals surface area contributed by atoms with E-state index in [2.05, 4.69) is 10.3 Å². The normalized spacial score (nSPS) is 16.5. The standard InChI is InChI=1S/C21H25N5O2/c1-13(2)22-20(27)17-12-25-9-10-26(14(3)19(25)23-17)21(28)16-11-24(4)18-8-6-5-7-15(16)18/h5-8,11-14H,9-10H2,1-4H3,(H,22,27). The predicted octanol–water partition coefficient (Wildman–Crippen LogP) is 2.73. The summed E-state index contributed by atoms with van der Waals surface area (Å²) in [6.45, 7) is 7.00. The number of amides is 2. The lowest BCUT2D eigenvalue weighted by molar-refractivity contribution is 0.0639. The number of rotatable bonds is 3. The topological polar surface area (TPSA) is 72.2 Å². The van der Waals surface area contributed by atoms with E-state index >= 15 is 0 Å². The van der Waals surface area contributed by atoms with Crippen LogP contribution in [0.15, 0.2) is 36.7 Å². The van der Waals surface area contributed by atoms with Crippen LogP contribution in [0, 0.1) is 0 Å². The molecule has 7 nitrogen and oxygen atoms in total. The van der Waals surface area contributed by atoms with Gasteiger partial charge in [0.2, 0.25) is 0 Å². The van der Waals surface area contributed by atoms with Crippen LogP contribution in [0.25, 0.3) is 10.9 Å². The first kappa shape index (κ1) is 18.3.